The molecule has 2 atom stereocenters. The average molecular weight is 435 g/mol. The van der Waals surface area contributed by atoms with Crippen LogP contribution in [0.2, 0.25) is 5.02 Å². The van der Waals surface area contributed by atoms with Gasteiger partial charge in [0.25, 0.3) is 0 Å². The third-order valence-corrected chi connectivity index (χ3v) is 5.43. The molecule has 2 heterocycles. The highest BCUT2D eigenvalue weighted by molar-refractivity contribution is 6.30. The first kappa shape index (κ1) is 22.0. The maximum atomic E-state index is 13.1. The number of amides is 1. The Labute approximate surface area is 179 Å². The Balaban J connectivity index is 1.60. The van der Waals surface area contributed by atoms with Crippen molar-refractivity contribution in [1.82, 2.24) is 14.8 Å². The molecule has 2 N–H and O–H groups in total. The minimum atomic E-state index is -1.17. The summed E-state index contributed by atoms with van der Waals surface area (Å²) in [6.07, 6.45) is 1.33. The maximum Gasteiger partial charge on any atom is 0.339 e. The number of pyridine rings is 1. The first-order chi connectivity index (χ1) is 14.2. The number of piperazine rings is 1. The Morgan fingerprint density at radius 1 is 1.23 bits per heavy atom. The van der Waals surface area contributed by atoms with E-state index in [0.717, 1.165) is 5.56 Å². The van der Waals surface area contributed by atoms with Crippen LogP contribution in [0.25, 0.3) is 0 Å². The average Bonchev–Trinajstić information content (AvgIpc) is 2.70. The van der Waals surface area contributed by atoms with Crippen molar-refractivity contribution in [2.45, 2.75) is 32.5 Å². The molecule has 0 radical (unpaired) electrons. The molecule has 160 valence electrons. The molecule has 1 amide bonds. The van der Waals surface area contributed by atoms with Gasteiger partial charge in [0.15, 0.2) is 0 Å². The molecule has 7 nitrogen and oxygen atoms in total. The van der Waals surface area contributed by atoms with Crippen molar-refractivity contribution in [3.05, 3.63) is 58.5 Å². The Kier molecular flexibility index (Phi) is 6.89. The van der Waals surface area contributed by atoms with Gasteiger partial charge in [-0.3, -0.25) is 9.69 Å². The SMILES string of the molecule is C[C@@H]1CN(Cc2ccc(F)cc2)[C@@H](C)CN1C(=O)CNc1ncc(Cl)cc1C(=O)O. The van der Waals surface area contributed by atoms with E-state index in [9.17, 15) is 19.1 Å². The molecule has 0 saturated carbocycles. The predicted octanol–water partition coefficient (Wildman–Crippen LogP) is 3.11. The number of hydrogen-bond donors (Lipinski definition) is 2. The normalized spacial score (nSPS) is 19.5. The molecule has 1 aliphatic rings. The molecule has 1 fully saturated rings. The van der Waals surface area contributed by atoms with Crippen LogP contribution in [0.1, 0.15) is 29.8 Å². The van der Waals surface area contributed by atoms with Gasteiger partial charge in [-0.15, -0.1) is 0 Å². The summed E-state index contributed by atoms with van der Waals surface area (Å²) in [6, 6.07) is 7.84. The molecule has 3 rings (SSSR count). The van der Waals surface area contributed by atoms with Gasteiger partial charge < -0.3 is 15.3 Å². The van der Waals surface area contributed by atoms with Gasteiger partial charge in [0, 0.05) is 37.9 Å². The molecule has 0 spiro atoms. The van der Waals surface area contributed by atoms with E-state index in [-0.39, 0.29) is 46.8 Å². The van der Waals surface area contributed by atoms with E-state index in [1.165, 1.54) is 24.4 Å². The number of nitrogens with one attached hydrogen (secondary N) is 1. The molecule has 1 aromatic carbocycles. The lowest BCUT2D eigenvalue weighted by Crippen LogP contribution is -2.58. The summed E-state index contributed by atoms with van der Waals surface area (Å²) in [6.45, 7) is 5.87. The van der Waals surface area contributed by atoms with Gasteiger partial charge >= 0.3 is 5.97 Å². The smallest absolute Gasteiger partial charge is 0.339 e. The van der Waals surface area contributed by atoms with Crippen LogP contribution in [-0.4, -0.2) is 63.5 Å². The largest absolute Gasteiger partial charge is 0.478 e. The molecule has 0 bridgehead atoms. The van der Waals surface area contributed by atoms with Crippen molar-refractivity contribution in [3.63, 3.8) is 0 Å². The highest BCUT2D eigenvalue weighted by atomic mass is 35.5. The van der Waals surface area contributed by atoms with Gasteiger partial charge in [0.2, 0.25) is 5.91 Å². The second-order valence-electron chi connectivity index (χ2n) is 7.51. The van der Waals surface area contributed by atoms with E-state index in [1.54, 1.807) is 17.0 Å². The Morgan fingerprint density at radius 3 is 2.60 bits per heavy atom. The molecular formula is C21H24ClFN4O3. The lowest BCUT2D eigenvalue weighted by molar-refractivity contribution is -0.135. The van der Waals surface area contributed by atoms with Crippen LogP contribution in [-0.2, 0) is 11.3 Å². The summed E-state index contributed by atoms with van der Waals surface area (Å²) in [7, 11) is 0. The summed E-state index contributed by atoms with van der Waals surface area (Å²) < 4.78 is 13.1. The first-order valence-electron chi connectivity index (χ1n) is 9.65. The van der Waals surface area contributed by atoms with E-state index in [1.807, 2.05) is 13.8 Å². The standard InChI is InChI=1S/C21H24ClFN4O3/c1-13-11-27(14(2)10-26(13)12-15-3-5-17(23)6-4-15)19(28)9-25-20-18(21(29)30)7-16(22)8-24-20/h3-8,13-14H,9-12H2,1-2H3,(H,24,25)(H,29,30)/t13-,14+/m0/s1. The van der Waals surface area contributed by atoms with Crippen molar-refractivity contribution < 1.29 is 19.1 Å². The van der Waals surface area contributed by atoms with Gasteiger partial charge in [-0.05, 0) is 37.6 Å². The minimum absolute atomic E-state index is 0.0203. The number of carboxylic acids is 1. The summed E-state index contributed by atoms with van der Waals surface area (Å²) in [5.74, 6) is -1.46. The third-order valence-electron chi connectivity index (χ3n) is 5.23. The number of carboxylic acid groups (broad SMARTS) is 1. The number of benzene rings is 1. The number of anilines is 1. The molecule has 1 aliphatic heterocycles. The van der Waals surface area contributed by atoms with Gasteiger partial charge in [-0.1, -0.05) is 23.7 Å². The van der Waals surface area contributed by atoms with Crippen LogP contribution < -0.4 is 5.32 Å². The first-order valence-corrected chi connectivity index (χ1v) is 10.0. The van der Waals surface area contributed by atoms with Gasteiger partial charge in [-0.2, -0.15) is 0 Å². The Hall–Kier alpha value is -2.71. The number of carbonyl (C=O) groups is 2. The van der Waals surface area contributed by atoms with Gasteiger partial charge in [-0.25, -0.2) is 14.2 Å². The third kappa shape index (κ3) is 5.25. The van der Waals surface area contributed by atoms with Crippen LogP contribution in [0, 0.1) is 5.82 Å². The number of halogens is 2. The molecule has 1 aromatic heterocycles. The van der Waals surface area contributed by atoms with Crippen molar-refractivity contribution in [2.75, 3.05) is 25.0 Å². The second-order valence-corrected chi connectivity index (χ2v) is 7.94. The van der Waals surface area contributed by atoms with Crippen LogP contribution in [0.5, 0.6) is 0 Å². The highest BCUT2D eigenvalue weighted by Gasteiger charge is 2.31. The monoisotopic (exact) mass is 434 g/mol. The topological polar surface area (TPSA) is 85.8 Å². The quantitative estimate of drug-likeness (QED) is 0.726. The molecule has 9 heteroatoms. The van der Waals surface area contributed by atoms with Crippen LogP contribution in [0.4, 0.5) is 10.2 Å². The zero-order valence-electron chi connectivity index (χ0n) is 16.8. The fourth-order valence-corrected chi connectivity index (χ4v) is 3.75. The van der Waals surface area contributed by atoms with E-state index in [2.05, 4.69) is 15.2 Å². The number of nitrogens with zero attached hydrogens (tertiary/aromatic N) is 3. The zero-order valence-corrected chi connectivity index (χ0v) is 17.6. The number of aromatic nitrogens is 1. The number of aromatic carboxylic acids is 1. The van der Waals surface area contributed by atoms with E-state index in [0.29, 0.717) is 19.6 Å². The fraction of sp³-hybridized carbons (Fsp3) is 0.381. The second kappa shape index (κ2) is 9.40. The molecule has 2 aromatic rings. The van der Waals surface area contributed by atoms with Crippen molar-refractivity contribution in [2.24, 2.45) is 0 Å². The Morgan fingerprint density at radius 2 is 1.93 bits per heavy atom. The number of hydrogen-bond acceptors (Lipinski definition) is 5. The van der Waals surface area contributed by atoms with Crippen molar-refractivity contribution in [3.8, 4) is 0 Å². The summed E-state index contributed by atoms with van der Waals surface area (Å²) >= 11 is 5.81. The van der Waals surface area contributed by atoms with Crippen LogP contribution in [0.3, 0.4) is 0 Å². The highest BCUT2D eigenvalue weighted by Crippen LogP contribution is 2.20. The lowest BCUT2D eigenvalue weighted by atomic mass is 10.1. The molecular weight excluding hydrogens is 411 g/mol. The molecule has 1 saturated heterocycles. The predicted molar refractivity (Wildman–Crippen MR) is 112 cm³/mol. The number of rotatable bonds is 6. The van der Waals surface area contributed by atoms with Crippen molar-refractivity contribution >= 4 is 29.3 Å². The van der Waals surface area contributed by atoms with Crippen LogP contribution >= 0.6 is 11.6 Å². The van der Waals surface area contributed by atoms with Crippen LogP contribution in [0.15, 0.2) is 36.5 Å². The fourth-order valence-electron chi connectivity index (χ4n) is 3.59. The minimum Gasteiger partial charge on any atom is -0.478 e. The molecule has 0 unspecified atom stereocenters. The van der Waals surface area contributed by atoms with Crippen molar-refractivity contribution in [1.29, 1.82) is 0 Å². The van der Waals surface area contributed by atoms with E-state index >= 15 is 0 Å². The molecule has 0 aliphatic carbocycles. The van der Waals surface area contributed by atoms with Gasteiger partial charge in [0.1, 0.15) is 17.2 Å². The summed E-state index contributed by atoms with van der Waals surface area (Å²) in [5.41, 5.74) is 0.938. The zero-order chi connectivity index (χ0) is 21.8. The molecule has 30 heavy (non-hydrogen) atoms. The maximum absolute atomic E-state index is 13.1. The van der Waals surface area contributed by atoms with E-state index in [4.69, 9.17) is 11.6 Å². The van der Waals surface area contributed by atoms with Gasteiger partial charge in [0.05, 0.1) is 11.6 Å². The summed E-state index contributed by atoms with van der Waals surface area (Å²) in [5, 5.41) is 12.3. The van der Waals surface area contributed by atoms with E-state index < -0.39 is 5.97 Å². The Bertz CT molecular complexity index is 925. The lowest BCUT2D eigenvalue weighted by Gasteiger charge is -2.44. The summed E-state index contributed by atoms with van der Waals surface area (Å²) in [4.78, 5) is 32.2. The number of carbonyl (C=O) groups excluding carboxylic acids is 1.